The van der Waals surface area contributed by atoms with Crippen molar-refractivity contribution >= 4 is 12.4 Å². The average molecular weight is 171 g/mol. The van der Waals surface area contributed by atoms with E-state index in [0.717, 1.165) is 12.8 Å². The largest absolute Gasteiger partial charge is 0.479 e. The minimum Gasteiger partial charge on any atom is -0.479 e. The molecular formula is C8H13NO3. The number of hydrogen-bond acceptors (Lipinski definition) is 2. The number of amides is 1. The van der Waals surface area contributed by atoms with E-state index in [1.165, 1.54) is 11.9 Å². The first-order valence-electron chi connectivity index (χ1n) is 4.05. The first-order chi connectivity index (χ1) is 5.63. The molecule has 68 valence electrons. The molecule has 12 heavy (non-hydrogen) atoms. The predicted molar refractivity (Wildman–Crippen MR) is 42.7 cm³/mol. The molecule has 0 bridgehead atoms. The van der Waals surface area contributed by atoms with Crippen LogP contribution in [0.1, 0.15) is 25.7 Å². The Morgan fingerprint density at radius 3 is 2.33 bits per heavy atom. The van der Waals surface area contributed by atoms with Crippen LogP contribution >= 0.6 is 0 Å². The lowest BCUT2D eigenvalue weighted by molar-refractivity contribution is -0.153. The van der Waals surface area contributed by atoms with Gasteiger partial charge < -0.3 is 10.0 Å². The van der Waals surface area contributed by atoms with Crippen molar-refractivity contribution in [3.63, 3.8) is 0 Å². The summed E-state index contributed by atoms with van der Waals surface area (Å²) < 4.78 is 0. The second kappa shape index (κ2) is 3.13. The molecule has 0 aromatic carbocycles. The minimum atomic E-state index is -0.915. The molecule has 1 fully saturated rings. The second-order valence-electron chi connectivity index (χ2n) is 3.26. The van der Waals surface area contributed by atoms with Gasteiger partial charge in [0.25, 0.3) is 0 Å². The van der Waals surface area contributed by atoms with Crippen molar-refractivity contribution in [2.24, 2.45) is 0 Å². The van der Waals surface area contributed by atoms with Crippen LogP contribution in [0.15, 0.2) is 0 Å². The van der Waals surface area contributed by atoms with Crippen molar-refractivity contribution in [3.8, 4) is 0 Å². The Morgan fingerprint density at radius 1 is 1.50 bits per heavy atom. The molecule has 0 saturated heterocycles. The maximum absolute atomic E-state index is 10.9. The summed E-state index contributed by atoms with van der Waals surface area (Å²) in [5.74, 6) is -0.880. The molecule has 1 amide bonds. The van der Waals surface area contributed by atoms with Crippen molar-refractivity contribution in [3.05, 3.63) is 0 Å². The number of likely N-dealkylation sites (N-methyl/N-ethyl adjacent to an activating group) is 1. The molecule has 0 spiro atoms. The van der Waals surface area contributed by atoms with E-state index >= 15 is 0 Å². The number of nitrogens with zero attached hydrogens (tertiary/aromatic N) is 1. The second-order valence-corrected chi connectivity index (χ2v) is 3.26. The topological polar surface area (TPSA) is 57.6 Å². The lowest BCUT2D eigenvalue weighted by Crippen LogP contribution is -2.50. The third kappa shape index (κ3) is 1.17. The lowest BCUT2D eigenvalue weighted by Gasteiger charge is -2.31. The molecule has 0 radical (unpaired) electrons. The monoisotopic (exact) mass is 171 g/mol. The summed E-state index contributed by atoms with van der Waals surface area (Å²) in [6.45, 7) is 0. The van der Waals surface area contributed by atoms with Gasteiger partial charge in [-0.15, -0.1) is 0 Å². The maximum atomic E-state index is 10.9. The molecule has 0 heterocycles. The Balaban J connectivity index is 2.85. The van der Waals surface area contributed by atoms with Crippen molar-refractivity contribution in [1.82, 2.24) is 4.90 Å². The highest BCUT2D eigenvalue weighted by Crippen LogP contribution is 2.33. The quantitative estimate of drug-likeness (QED) is 0.628. The van der Waals surface area contributed by atoms with Gasteiger partial charge in [-0.2, -0.15) is 0 Å². The molecule has 1 aliphatic rings. The molecule has 0 atom stereocenters. The van der Waals surface area contributed by atoms with E-state index < -0.39 is 11.5 Å². The first-order valence-corrected chi connectivity index (χ1v) is 4.05. The highest BCUT2D eigenvalue weighted by Gasteiger charge is 2.44. The fraction of sp³-hybridized carbons (Fsp3) is 0.750. The maximum Gasteiger partial charge on any atom is 0.329 e. The van der Waals surface area contributed by atoms with Gasteiger partial charge >= 0.3 is 5.97 Å². The summed E-state index contributed by atoms with van der Waals surface area (Å²) >= 11 is 0. The Morgan fingerprint density at radius 2 is 2.00 bits per heavy atom. The van der Waals surface area contributed by atoms with Crippen molar-refractivity contribution in [2.45, 2.75) is 31.2 Å². The summed E-state index contributed by atoms with van der Waals surface area (Å²) in [6.07, 6.45) is 3.55. The van der Waals surface area contributed by atoms with E-state index in [1.807, 2.05) is 0 Å². The zero-order valence-electron chi connectivity index (χ0n) is 7.12. The van der Waals surface area contributed by atoms with Crippen LogP contribution in [0.25, 0.3) is 0 Å². The van der Waals surface area contributed by atoms with Gasteiger partial charge in [0.1, 0.15) is 5.54 Å². The molecule has 1 saturated carbocycles. The molecule has 0 aromatic heterocycles. The Bertz CT molecular complexity index is 196. The van der Waals surface area contributed by atoms with Crippen LogP contribution in [-0.4, -0.2) is 35.0 Å². The normalized spacial score (nSPS) is 20.4. The number of hydrogen-bond donors (Lipinski definition) is 1. The molecular weight excluding hydrogens is 158 g/mol. The molecule has 1 N–H and O–H groups in total. The number of carboxylic acid groups (broad SMARTS) is 1. The Labute approximate surface area is 71.2 Å². The number of carbonyl (C=O) groups excluding carboxylic acids is 1. The van der Waals surface area contributed by atoms with Crippen molar-refractivity contribution in [1.29, 1.82) is 0 Å². The van der Waals surface area contributed by atoms with Crippen LogP contribution in [0.4, 0.5) is 0 Å². The third-order valence-electron chi connectivity index (χ3n) is 2.66. The van der Waals surface area contributed by atoms with E-state index in [0.29, 0.717) is 19.3 Å². The Kier molecular flexibility index (Phi) is 2.35. The van der Waals surface area contributed by atoms with E-state index in [2.05, 4.69) is 0 Å². The first kappa shape index (κ1) is 9.03. The van der Waals surface area contributed by atoms with Crippen LogP contribution in [0.3, 0.4) is 0 Å². The van der Waals surface area contributed by atoms with E-state index in [1.54, 1.807) is 0 Å². The summed E-state index contributed by atoms with van der Waals surface area (Å²) in [6, 6.07) is 0. The van der Waals surface area contributed by atoms with Crippen LogP contribution in [0.5, 0.6) is 0 Å². The fourth-order valence-corrected chi connectivity index (χ4v) is 1.78. The zero-order valence-corrected chi connectivity index (χ0v) is 7.12. The summed E-state index contributed by atoms with van der Waals surface area (Å²) in [4.78, 5) is 22.7. The summed E-state index contributed by atoms with van der Waals surface area (Å²) in [5.41, 5.74) is -0.915. The van der Waals surface area contributed by atoms with E-state index in [4.69, 9.17) is 5.11 Å². The SMILES string of the molecule is CN(C=O)C1(C(=O)O)CCCC1. The molecule has 0 aliphatic heterocycles. The van der Waals surface area contributed by atoms with Gasteiger partial charge in [-0.1, -0.05) is 12.8 Å². The number of carboxylic acids is 1. The van der Waals surface area contributed by atoms with Crippen LogP contribution in [0.2, 0.25) is 0 Å². The highest BCUT2D eigenvalue weighted by molar-refractivity contribution is 5.81. The third-order valence-corrected chi connectivity index (χ3v) is 2.66. The van der Waals surface area contributed by atoms with Gasteiger partial charge in [0.2, 0.25) is 6.41 Å². The molecule has 4 nitrogen and oxygen atoms in total. The molecule has 1 aliphatic carbocycles. The van der Waals surface area contributed by atoms with Gasteiger partial charge in [-0.3, -0.25) is 4.79 Å². The molecule has 0 aromatic rings. The standard InChI is InChI=1S/C8H13NO3/c1-9(6-10)8(7(11)12)4-2-3-5-8/h6H,2-5H2,1H3,(H,11,12). The predicted octanol–water partition coefficient (Wildman–Crippen LogP) is 0.472. The van der Waals surface area contributed by atoms with E-state index in [-0.39, 0.29) is 0 Å². The average Bonchev–Trinajstić information content (AvgIpc) is 2.52. The number of aliphatic carboxylic acids is 1. The molecule has 0 unspecified atom stereocenters. The van der Waals surface area contributed by atoms with Gasteiger partial charge in [-0.25, -0.2) is 4.79 Å². The minimum absolute atomic E-state index is 0.581. The smallest absolute Gasteiger partial charge is 0.329 e. The lowest BCUT2D eigenvalue weighted by atomic mass is 9.96. The van der Waals surface area contributed by atoms with Crippen molar-refractivity contribution < 1.29 is 14.7 Å². The van der Waals surface area contributed by atoms with Crippen LogP contribution in [-0.2, 0) is 9.59 Å². The van der Waals surface area contributed by atoms with Gasteiger partial charge in [0, 0.05) is 7.05 Å². The molecule has 1 rings (SSSR count). The molecule has 4 heteroatoms. The number of rotatable bonds is 3. The number of carbonyl (C=O) groups is 2. The highest BCUT2D eigenvalue weighted by atomic mass is 16.4. The van der Waals surface area contributed by atoms with Gasteiger partial charge in [0.15, 0.2) is 0 Å². The van der Waals surface area contributed by atoms with Crippen LogP contribution < -0.4 is 0 Å². The zero-order chi connectivity index (χ0) is 9.19. The summed E-state index contributed by atoms with van der Waals surface area (Å²) in [7, 11) is 1.53. The van der Waals surface area contributed by atoms with E-state index in [9.17, 15) is 9.59 Å². The van der Waals surface area contributed by atoms with Gasteiger partial charge in [-0.05, 0) is 12.8 Å². The van der Waals surface area contributed by atoms with Crippen molar-refractivity contribution in [2.75, 3.05) is 7.05 Å². The summed E-state index contributed by atoms with van der Waals surface area (Å²) in [5, 5.41) is 8.96. The Hall–Kier alpha value is -1.06. The van der Waals surface area contributed by atoms with Crippen LogP contribution in [0, 0.1) is 0 Å². The van der Waals surface area contributed by atoms with Gasteiger partial charge in [0.05, 0.1) is 0 Å². The fourth-order valence-electron chi connectivity index (χ4n) is 1.78.